The highest BCUT2D eigenvalue weighted by atomic mass is 35.5. The number of methoxy groups -OCH3 is 1. The van der Waals surface area contributed by atoms with Crippen molar-refractivity contribution in [2.75, 3.05) is 20.3 Å². The number of hydrogen-bond acceptors (Lipinski definition) is 5. The van der Waals surface area contributed by atoms with E-state index in [2.05, 4.69) is 17.4 Å². The molecule has 1 aliphatic rings. The summed E-state index contributed by atoms with van der Waals surface area (Å²) < 4.78 is 12.7. The van der Waals surface area contributed by atoms with E-state index in [4.69, 9.17) is 26.9 Å². The second-order valence-electron chi connectivity index (χ2n) is 4.84. The fourth-order valence-electron chi connectivity index (χ4n) is 2.51. The van der Waals surface area contributed by atoms with Crippen LogP contribution in [0.2, 0.25) is 5.02 Å². The standard InChI is InChI=1S/C12H21ClN4O2/c1-8-3-5-19-12(8)10(16-14)11-9(13)7-15-17(11)4-6-18-2/h7-8,10,12,16H,3-6,14H2,1-2H3. The van der Waals surface area contributed by atoms with E-state index in [1.165, 1.54) is 0 Å². The molecule has 1 aliphatic heterocycles. The monoisotopic (exact) mass is 288 g/mol. The number of rotatable bonds is 6. The van der Waals surface area contributed by atoms with Crippen LogP contribution in [0.3, 0.4) is 0 Å². The number of nitrogens with one attached hydrogen (secondary N) is 1. The summed E-state index contributed by atoms with van der Waals surface area (Å²) in [5.41, 5.74) is 3.68. The molecule has 1 aromatic rings. The van der Waals surface area contributed by atoms with Crippen LogP contribution in [0.1, 0.15) is 25.1 Å². The van der Waals surface area contributed by atoms with Gasteiger partial charge in [-0.15, -0.1) is 0 Å². The number of aromatic nitrogens is 2. The van der Waals surface area contributed by atoms with Crippen LogP contribution in [0, 0.1) is 5.92 Å². The van der Waals surface area contributed by atoms with Gasteiger partial charge in [0.25, 0.3) is 0 Å². The van der Waals surface area contributed by atoms with Crippen molar-refractivity contribution in [3.05, 3.63) is 16.9 Å². The van der Waals surface area contributed by atoms with E-state index in [-0.39, 0.29) is 12.1 Å². The molecule has 3 atom stereocenters. The van der Waals surface area contributed by atoms with Crippen molar-refractivity contribution in [1.82, 2.24) is 15.2 Å². The van der Waals surface area contributed by atoms with E-state index >= 15 is 0 Å². The lowest BCUT2D eigenvalue weighted by molar-refractivity contribution is 0.0573. The lowest BCUT2D eigenvalue weighted by Crippen LogP contribution is -2.40. The average Bonchev–Trinajstić information content (AvgIpc) is 2.97. The van der Waals surface area contributed by atoms with E-state index in [0.29, 0.717) is 24.1 Å². The Labute approximate surface area is 118 Å². The summed E-state index contributed by atoms with van der Waals surface area (Å²) in [5, 5.41) is 4.87. The van der Waals surface area contributed by atoms with Gasteiger partial charge in [0.05, 0.1) is 42.2 Å². The first kappa shape index (κ1) is 14.7. The minimum Gasteiger partial charge on any atom is -0.383 e. The van der Waals surface area contributed by atoms with E-state index in [1.54, 1.807) is 13.3 Å². The maximum absolute atomic E-state index is 6.25. The van der Waals surface area contributed by atoms with Crippen molar-refractivity contribution < 1.29 is 9.47 Å². The lowest BCUT2D eigenvalue weighted by Gasteiger charge is -2.26. The third-order valence-corrected chi connectivity index (χ3v) is 3.88. The summed E-state index contributed by atoms with van der Waals surface area (Å²) in [6, 6.07) is -0.163. The summed E-state index contributed by atoms with van der Waals surface area (Å²) in [5.74, 6) is 6.14. The number of hydrazine groups is 1. The molecule has 3 N–H and O–H groups in total. The first-order chi connectivity index (χ1) is 9.19. The van der Waals surface area contributed by atoms with Crippen molar-refractivity contribution in [1.29, 1.82) is 0 Å². The Hall–Kier alpha value is -0.660. The third-order valence-electron chi connectivity index (χ3n) is 3.59. The third kappa shape index (κ3) is 3.09. The minimum atomic E-state index is -0.163. The zero-order valence-electron chi connectivity index (χ0n) is 11.3. The van der Waals surface area contributed by atoms with Gasteiger partial charge >= 0.3 is 0 Å². The van der Waals surface area contributed by atoms with Gasteiger partial charge in [-0.2, -0.15) is 5.10 Å². The van der Waals surface area contributed by atoms with E-state index in [1.807, 2.05) is 4.68 Å². The van der Waals surface area contributed by atoms with Crippen LogP contribution < -0.4 is 11.3 Å². The second kappa shape index (κ2) is 6.67. The highest BCUT2D eigenvalue weighted by Gasteiger charge is 2.35. The Kier molecular flexibility index (Phi) is 5.18. The van der Waals surface area contributed by atoms with Crippen LogP contribution in [0.25, 0.3) is 0 Å². The molecule has 1 aromatic heterocycles. The summed E-state index contributed by atoms with van der Waals surface area (Å²) >= 11 is 6.25. The zero-order chi connectivity index (χ0) is 13.8. The van der Waals surface area contributed by atoms with Crippen molar-refractivity contribution in [2.45, 2.75) is 32.0 Å². The molecule has 108 valence electrons. The molecular weight excluding hydrogens is 268 g/mol. The molecule has 2 rings (SSSR count). The summed E-state index contributed by atoms with van der Waals surface area (Å²) in [7, 11) is 1.66. The average molecular weight is 289 g/mol. The number of nitrogens with zero attached hydrogens (tertiary/aromatic N) is 2. The normalized spacial score (nSPS) is 24.8. The van der Waals surface area contributed by atoms with Gasteiger partial charge in [-0.1, -0.05) is 18.5 Å². The van der Waals surface area contributed by atoms with Gasteiger partial charge in [-0.25, -0.2) is 5.43 Å². The molecule has 2 heterocycles. The Bertz CT molecular complexity index is 412. The summed E-state index contributed by atoms with van der Waals surface area (Å²) in [6.07, 6.45) is 2.68. The minimum absolute atomic E-state index is 0.0143. The molecule has 0 aliphatic carbocycles. The topological polar surface area (TPSA) is 74.3 Å². The predicted octanol–water partition coefficient (Wildman–Crippen LogP) is 1.11. The molecule has 0 amide bonds. The molecule has 0 aromatic carbocycles. The van der Waals surface area contributed by atoms with Gasteiger partial charge in [0.2, 0.25) is 0 Å². The number of nitrogens with two attached hydrogens (primary N) is 1. The quantitative estimate of drug-likeness (QED) is 0.606. The van der Waals surface area contributed by atoms with Crippen LogP contribution >= 0.6 is 11.6 Å². The second-order valence-corrected chi connectivity index (χ2v) is 5.25. The maximum atomic E-state index is 6.25. The molecule has 1 saturated heterocycles. The van der Waals surface area contributed by atoms with Gasteiger partial charge in [-0.05, 0) is 12.3 Å². The van der Waals surface area contributed by atoms with Crippen LogP contribution in [-0.2, 0) is 16.0 Å². The van der Waals surface area contributed by atoms with Gasteiger partial charge in [0.1, 0.15) is 0 Å². The molecule has 3 unspecified atom stereocenters. The largest absolute Gasteiger partial charge is 0.383 e. The summed E-state index contributed by atoms with van der Waals surface area (Å²) in [6.45, 7) is 4.13. The van der Waals surface area contributed by atoms with Crippen LogP contribution in [0.4, 0.5) is 0 Å². The lowest BCUT2D eigenvalue weighted by atomic mass is 9.96. The van der Waals surface area contributed by atoms with Crippen molar-refractivity contribution in [3.63, 3.8) is 0 Å². The Balaban J connectivity index is 2.24. The van der Waals surface area contributed by atoms with Crippen molar-refractivity contribution >= 4 is 11.6 Å². The Morgan fingerprint density at radius 2 is 2.53 bits per heavy atom. The molecule has 0 bridgehead atoms. The van der Waals surface area contributed by atoms with Gasteiger partial charge in [0.15, 0.2) is 0 Å². The SMILES string of the molecule is COCCn1ncc(Cl)c1C(NN)C1OCCC1C. The van der Waals surface area contributed by atoms with Crippen molar-refractivity contribution in [2.24, 2.45) is 11.8 Å². The smallest absolute Gasteiger partial charge is 0.0908 e. The molecular formula is C12H21ClN4O2. The fourth-order valence-corrected chi connectivity index (χ4v) is 2.77. The molecule has 1 fully saturated rings. The predicted molar refractivity (Wildman–Crippen MR) is 72.7 cm³/mol. The molecule has 0 saturated carbocycles. The highest BCUT2D eigenvalue weighted by Crippen LogP contribution is 2.33. The molecule has 19 heavy (non-hydrogen) atoms. The van der Waals surface area contributed by atoms with Gasteiger partial charge < -0.3 is 9.47 Å². The van der Waals surface area contributed by atoms with Gasteiger partial charge in [-0.3, -0.25) is 10.5 Å². The van der Waals surface area contributed by atoms with E-state index in [0.717, 1.165) is 18.7 Å². The molecule has 7 heteroatoms. The first-order valence-electron chi connectivity index (χ1n) is 6.47. The van der Waals surface area contributed by atoms with Crippen molar-refractivity contribution in [3.8, 4) is 0 Å². The number of ether oxygens (including phenoxy) is 2. The van der Waals surface area contributed by atoms with Gasteiger partial charge in [0, 0.05) is 13.7 Å². The zero-order valence-corrected chi connectivity index (χ0v) is 12.1. The molecule has 0 radical (unpaired) electrons. The first-order valence-corrected chi connectivity index (χ1v) is 6.84. The maximum Gasteiger partial charge on any atom is 0.0908 e. The number of halogens is 1. The Morgan fingerprint density at radius 1 is 1.74 bits per heavy atom. The van der Waals surface area contributed by atoms with Crippen LogP contribution in [-0.4, -0.2) is 36.2 Å². The molecule has 0 spiro atoms. The van der Waals surface area contributed by atoms with Crippen LogP contribution in [0.5, 0.6) is 0 Å². The fraction of sp³-hybridized carbons (Fsp3) is 0.750. The summed E-state index contributed by atoms with van der Waals surface area (Å²) in [4.78, 5) is 0. The van der Waals surface area contributed by atoms with E-state index in [9.17, 15) is 0 Å². The number of hydrogen-bond donors (Lipinski definition) is 2. The molecule has 6 nitrogen and oxygen atoms in total. The van der Waals surface area contributed by atoms with E-state index < -0.39 is 0 Å². The Morgan fingerprint density at radius 3 is 3.11 bits per heavy atom. The van der Waals surface area contributed by atoms with Crippen LogP contribution in [0.15, 0.2) is 6.20 Å². The highest BCUT2D eigenvalue weighted by molar-refractivity contribution is 6.31.